The second-order valence-electron chi connectivity index (χ2n) is 6.94. The summed E-state index contributed by atoms with van der Waals surface area (Å²) in [6.07, 6.45) is 5.52. The number of carbonyl (C=O) groups is 1. The summed E-state index contributed by atoms with van der Waals surface area (Å²) in [5.41, 5.74) is 1.19. The van der Waals surface area contributed by atoms with Gasteiger partial charge >= 0.3 is 0 Å². The molecule has 1 fully saturated rings. The van der Waals surface area contributed by atoms with E-state index in [2.05, 4.69) is 33.2 Å². The minimum absolute atomic E-state index is 0.115. The highest BCUT2D eigenvalue weighted by molar-refractivity contribution is 5.79. The normalized spacial score (nSPS) is 28.7. The maximum atomic E-state index is 12.9. The molecular formula is C17H28N4O2. The van der Waals surface area contributed by atoms with Gasteiger partial charge in [-0.05, 0) is 20.3 Å². The first kappa shape index (κ1) is 16.5. The van der Waals surface area contributed by atoms with Crippen LogP contribution in [0.15, 0.2) is 12.5 Å². The maximum Gasteiger partial charge on any atom is 0.226 e. The summed E-state index contributed by atoms with van der Waals surface area (Å²) in [6, 6.07) is 0.763. The smallest absolute Gasteiger partial charge is 0.226 e. The number of hydrogen-bond acceptors (Lipinski definition) is 4. The first-order valence-electron chi connectivity index (χ1n) is 8.62. The number of fused-ring (bicyclic) bond motifs is 1. The van der Waals surface area contributed by atoms with E-state index in [-0.39, 0.29) is 5.92 Å². The third-order valence-electron chi connectivity index (χ3n) is 5.29. The standard InChI is InChI=1S/C17H28N4O2/c1-13-10-20(11-14(2)21(13)6-7-23-3)17(22)15-4-5-19-12-18-9-16(19)8-15/h9,12-15H,4-8,10-11H2,1-3H3. The average molecular weight is 320 g/mol. The Morgan fingerprint density at radius 1 is 1.35 bits per heavy atom. The summed E-state index contributed by atoms with van der Waals surface area (Å²) < 4.78 is 7.37. The number of imidazole rings is 1. The maximum absolute atomic E-state index is 12.9. The fraction of sp³-hybridized carbons (Fsp3) is 0.765. The molecule has 3 heterocycles. The number of aryl methyl sites for hydroxylation is 1. The van der Waals surface area contributed by atoms with Crippen molar-refractivity contribution >= 4 is 5.91 Å². The van der Waals surface area contributed by atoms with Gasteiger partial charge in [0, 0.05) is 69.6 Å². The zero-order valence-electron chi connectivity index (χ0n) is 14.4. The lowest BCUT2D eigenvalue weighted by Crippen LogP contribution is -2.59. The van der Waals surface area contributed by atoms with Crippen LogP contribution in [0.5, 0.6) is 0 Å². The fourth-order valence-electron chi connectivity index (χ4n) is 4.01. The Morgan fingerprint density at radius 3 is 2.78 bits per heavy atom. The molecular weight excluding hydrogens is 292 g/mol. The summed E-state index contributed by atoms with van der Waals surface area (Å²) in [7, 11) is 1.74. The van der Waals surface area contributed by atoms with Crippen molar-refractivity contribution in [3.05, 3.63) is 18.2 Å². The van der Waals surface area contributed by atoms with Gasteiger partial charge in [-0.1, -0.05) is 0 Å². The van der Waals surface area contributed by atoms with Crippen LogP contribution in [0.1, 0.15) is 26.0 Å². The Labute approximate surface area is 138 Å². The van der Waals surface area contributed by atoms with Crippen LogP contribution in [0, 0.1) is 5.92 Å². The van der Waals surface area contributed by atoms with Crippen molar-refractivity contribution in [2.45, 2.75) is 45.3 Å². The van der Waals surface area contributed by atoms with Crippen molar-refractivity contribution in [2.75, 3.05) is 33.4 Å². The first-order valence-corrected chi connectivity index (χ1v) is 8.62. The third-order valence-corrected chi connectivity index (χ3v) is 5.29. The SMILES string of the molecule is COCCN1C(C)CN(C(=O)C2CCn3cncc3C2)CC1C. The number of carbonyl (C=O) groups excluding carboxylic acids is 1. The number of rotatable bonds is 4. The lowest BCUT2D eigenvalue weighted by Gasteiger charge is -2.45. The summed E-state index contributed by atoms with van der Waals surface area (Å²) >= 11 is 0. The number of hydrogen-bond donors (Lipinski definition) is 0. The van der Waals surface area contributed by atoms with Crippen LogP contribution in [0.25, 0.3) is 0 Å². The van der Waals surface area contributed by atoms with Crippen molar-refractivity contribution < 1.29 is 9.53 Å². The molecule has 6 nitrogen and oxygen atoms in total. The first-order chi connectivity index (χ1) is 11.1. The predicted octanol–water partition coefficient (Wildman–Crippen LogP) is 1.01. The van der Waals surface area contributed by atoms with Gasteiger partial charge < -0.3 is 14.2 Å². The number of ether oxygens (including phenoxy) is 1. The van der Waals surface area contributed by atoms with E-state index in [0.717, 1.165) is 45.6 Å². The van der Waals surface area contributed by atoms with Crippen LogP contribution >= 0.6 is 0 Å². The molecule has 0 aromatic carbocycles. The lowest BCUT2D eigenvalue weighted by molar-refractivity contribution is -0.140. The van der Waals surface area contributed by atoms with E-state index in [4.69, 9.17) is 4.74 Å². The second kappa shape index (κ2) is 7.01. The highest BCUT2D eigenvalue weighted by atomic mass is 16.5. The van der Waals surface area contributed by atoms with E-state index >= 15 is 0 Å². The molecule has 3 rings (SSSR count). The molecule has 0 radical (unpaired) electrons. The highest BCUT2D eigenvalue weighted by Gasteiger charge is 2.35. The number of amides is 1. The van der Waals surface area contributed by atoms with Crippen LogP contribution in [0.2, 0.25) is 0 Å². The Morgan fingerprint density at radius 2 is 2.09 bits per heavy atom. The quantitative estimate of drug-likeness (QED) is 0.831. The van der Waals surface area contributed by atoms with Crippen LogP contribution in [0.4, 0.5) is 0 Å². The highest BCUT2D eigenvalue weighted by Crippen LogP contribution is 2.24. The molecule has 2 aliphatic rings. The molecule has 1 saturated heterocycles. The van der Waals surface area contributed by atoms with E-state index in [9.17, 15) is 4.79 Å². The number of aromatic nitrogens is 2. The lowest BCUT2D eigenvalue weighted by atomic mass is 9.93. The molecule has 3 atom stereocenters. The van der Waals surface area contributed by atoms with Crippen LogP contribution in [0.3, 0.4) is 0 Å². The third kappa shape index (κ3) is 3.43. The molecule has 2 aliphatic heterocycles. The van der Waals surface area contributed by atoms with Crippen molar-refractivity contribution in [1.82, 2.24) is 19.4 Å². The van der Waals surface area contributed by atoms with Gasteiger partial charge in [-0.3, -0.25) is 9.69 Å². The minimum atomic E-state index is 0.115. The van der Waals surface area contributed by atoms with Gasteiger partial charge in [0.1, 0.15) is 0 Å². The van der Waals surface area contributed by atoms with Crippen molar-refractivity contribution in [3.8, 4) is 0 Å². The van der Waals surface area contributed by atoms with Gasteiger partial charge in [0.25, 0.3) is 0 Å². The fourth-order valence-corrected chi connectivity index (χ4v) is 4.01. The molecule has 6 heteroatoms. The van der Waals surface area contributed by atoms with Crippen LogP contribution in [-0.2, 0) is 22.5 Å². The van der Waals surface area contributed by atoms with E-state index in [1.54, 1.807) is 7.11 Å². The van der Waals surface area contributed by atoms with E-state index in [1.807, 2.05) is 12.5 Å². The average Bonchev–Trinajstić information content (AvgIpc) is 3.00. The molecule has 1 aromatic heterocycles. The molecule has 0 bridgehead atoms. The molecule has 0 N–H and O–H groups in total. The molecule has 3 unspecified atom stereocenters. The molecule has 128 valence electrons. The summed E-state index contributed by atoms with van der Waals surface area (Å²) in [4.78, 5) is 21.7. The molecule has 0 spiro atoms. The van der Waals surface area contributed by atoms with Crippen molar-refractivity contribution in [3.63, 3.8) is 0 Å². The van der Waals surface area contributed by atoms with Gasteiger partial charge in [-0.25, -0.2) is 4.98 Å². The summed E-state index contributed by atoms with van der Waals surface area (Å²) in [5, 5.41) is 0. The predicted molar refractivity (Wildman–Crippen MR) is 88.1 cm³/mol. The van der Waals surface area contributed by atoms with E-state index < -0.39 is 0 Å². The van der Waals surface area contributed by atoms with Gasteiger partial charge in [-0.2, -0.15) is 0 Å². The number of methoxy groups -OCH3 is 1. The Balaban J connectivity index is 1.61. The largest absolute Gasteiger partial charge is 0.383 e. The van der Waals surface area contributed by atoms with Crippen molar-refractivity contribution in [2.24, 2.45) is 5.92 Å². The number of piperazine rings is 1. The van der Waals surface area contributed by atoms with Gasteiger partial charge in [-0.15, -0.1) is 0 Å². The zero-order chi connectivity index (χ0) is 16.4. The molecule has 23 heavy (non-hydrogen) atoms. The van der Waals surface area contributed by atoms with Crippen molar-refractivity contribution in [1.29, 1.82) is 0 Å². The molecule has 0 aliphatic carbocycles. The summed E-state index contributed by atoms with van der Waals surface area (Å²) in [6.45, 7) is 8.65. The van der Waals surface area contributed by atoms with Gasteiger partial charge in [0.05, 0.1) is 12.9 Å². The molecule has 1 aromatic rings. The Hall–Kier alpha value is -1.40. The van der Waals surface area contributed by atoms with Crippen LogP contribution < -0.4 is 0 Å². The van der Waals surface area contributed by atoms with E-state index in [0.29, 0.717) is 18.0 Å². The minimum Gasteiger partial charge on any atom is -0.383 e. The van der Waals surface area contributed by atoms with Gasteiger partial charge in [0.2, 0.25) is 5.91 Å². The topological polar surface area (TPSA) is 50.6 Å². The molecule has 1 amide bonds. The van der Waals surface area contributed by atoms with Crippen LogP contribution in [-0.4, -0.2) is 70.7 Å². The Bertz CT molecular complexity index is 532. The van der Waals surface area contributed by atoms with Gasteiger partial charge in [0.15, 0.2) is 0 Å². The Kier molecular flexibility index (Phi) is 5.02. The summed E-state index contributed by atoms with van der Waals surface area (Å²) in [5.74, 6) is 0.437. The monoisotopic (exact) mass is 320 g/mol. The number of nitrogens with zero attached hydrogens (tertiary/aromatic N) is 4. The molecule has 0 saturated carbocycles. The second-order valence-corrected chi connectivity index (χ2v) is 6.94. The van der Waals surface area contributed by atoms with E-state index in [1.165, 1.54) is 5.69 Å². The zero-order valence-corrected chi connectivity index (χ0v) is 14.4.